The van der Waals surface area contributed by atoms with Crippen LogP contribution < -0.4 is 9.47 Å². The highest BCUT2D eigenvalue weighted by Crippen LogP contribution is 2.35. The van der Waals surface area contributed by atoms with Crippen molar-refractivity contribution in [1.82, 2.24) is 0 Å². The minimum absolute atomic E-state index is 0.439. The van der Waals surface area contributed by atoms with Crippen molar-refractivity contribution >= 4 is 11.9 Å². The molecule has 0 saturated heterocycles. The van der Waals surface area contributed by atoms with Crippen molar-refractivity contribution < 1.29 is 63.0 Å². The summed E-state index contributed by atoms with van der Waals surface area (Å²) in [6.07, 6.45) is 1.61. The van der Waals surface area contributed by atoms with Gasteiger partial charge in [-0.05, 0) is 12.8 Å². The highest BCUT2D eigenvalue weighted by molar-refractivity contribution is 5.85. The molecule has 0 unspecified atom stereocenters. The second kappa shape index (κ2) is 9.35. The number of allylic oxidation sites excluding steroid dienone is 2. The largest absolute Gasteiger partial charge is 0.420 e. The van der Waals surface area contributed by atoms with Crippen molar-refractivity contribution in [3.8, 4) is 11.5 Å². The van der Waals surface area contributed by atoms with Crippen LogP contribution in [0.4, 0.5) is 43.9 Å². The smallest absolute Gasteiger partial charge is 0.315 e. The Balaban J connectivity index is 1.90. The van der Waals surface area contributed by atoms with Crippen LogP contribution in [0.3, 0.4) is 0 Å². The lowest BCUT2D eigenvalue weighted by molar-refractivity contribution is -0.151. The number of rotatable bonds is 4. The number of esters is 2. The molecule has 3 rings (SSSR count). The monoisotopic (exact) mass is 502 g/mol. The zero-order valence-corrected chi connectivity index (χ0v) is 16.1. The molecule has 0 spiro atoms. The summed E-state index contributed by atoms with van der Waals surface area (Å²) in [5, 5.41) is 0. The molecule has 4 nitrogen and oxygen atoms in total. The van der Waals surface area contributed by atoms with Gasteiger partial charge >= 0.3 is 11.9 Å². The van der Waals surface area contributed by atoms with Crippen molar-refractivity contribution in [2.24, 2.45) is 11.8 Å². The lowest BCUT2D eigenvalue weighted by atomic mass is 9.83. The van der Waals surface area contributed by atoms with Crippen LogP contribution in [0, 0.1) is 70.0 Å². The Hall–Kier alpha value is -3.58. The lowest BCUT2D eigenvalue weighted by Crippen LogP contribution is -2.36. The summed E-state index contributed by atoms with van der Waals surface area (Å²) in [5.74, 6) is -35.6. The van der Waals surface area contributed by atoms with E-state index in [4.69, 9.17) is 0 Å². The maximum atomic E-state index is 13.8. The molecule has 0 aromatic heterocycles. The van der Waals surface area contributed by atoms with Gasteiger partial charge in [0, 0.05) is 0 Å². The molecule has 0 bridgehead atoms. The van der Waals surface area contributed by atoms with Gasteiger partial charge in [0.15, 0.2) is 0 Å². The van der Waals surface area contributed by atoms with Gasteiger partial charge in [0.25, 0.3) is 0 Å². The molecule has 2 aromatic carbocycles. The molecule has 0 heterocycles. The molecular formula is C20H8F10O4. The van der Waals surface area contributed by atoms with Crippen molar-refractivity contribution in [2.45, 2.75) is 12.8 Å². The average molecular weight is 502 g/mol. The third-order valence-corrected chi connectivity index (χ3v) is 4.78. The molecule has 34 heavy (non-hydrogen) atoms. The second-order valence-electron chi connectivity index (χ2n) is 6.80. The topological polar surface area (TPSA) is 52.6 Å². The number of hydrogen-bond acceptors (Lipinski definition) is 4. The van der Waals surface area contributed by atoms with Gasteiger partial charge in [-0.15, -0.1) is 0 Å². The summed E-state index contributed by atoms with van der Waals surface area (Å²) >= 11 is 0. The Kier molecular flexibility index (Phi) is 6.89. The first-order valence-electron chi connectivity index (χ1n) is 8.99. The van der Waals surface area contributed by atoms with E-state index in [1.807, 2.05) is 0 Å². The Morgan fingerprint density at radius 3 is 1.00 bits per heavy atom. The number of carbonyl (C=O) groups excluding carboxylic acids is 2. The van der Waals surface area contributed by atoms with Crippen molar-refractivity contribution in [3.63, 3.8) is 0 Å². The van der Waals surface area contributed by atoms with Gasteiger partial charge in [-0.25, -0.2) is 26.3 Å². The first-order valence-corrected chi connectivity index (χ1v) is 8.99. The highest BCUT2D eigenvalue weighted by Gasteiger charge is 2.40. The Bertz CT molecular complexity index is 1080. The molecule has 14 heteroatoms. The minimum atomic E-state index is -2.53. The summed E-state index contributed by atoms with van der Waals surface area (Å²) in [6, 6.07) is 0. The molecule has 2 aromatic rings. The molecule has 0 aliphatic heterocycles. The molecule has 182 valence electrons. The van der Waals surface area contributed by atoms with E-state index in [1.165, 1.54) is 12.2 Å². The molecule has 0 fully saturated rings. The van der Waals surface area contributed by atoms with Crippen LogP contribution in [0.15, 0.2) is 12.2 Å². The van der Waals surface area contributed by atoms with E-state index in [2.05, 4.69) is 9.47 Å². The van der Waals surface area contributed by atoms with Crippen LogP contribution >= 0.6 is 0 Å². The lowest BCUT2D eigenvalue weighted by Gasteiger charge is -2.25. The number of halogens is 10. The molecule has 1 aliphatic carbocycles. The van der Waals surface area contributed by atoms with Gasteiger partial charge in [0.1, 0.15) is 0 Å². The summed E-state index contributed by atoms with van der Waals surface area (Å²) in [7, 11) is 0. The Morgan fingerprint density at radius 1 is 0.500 bits per heavy atom. The SMILES string of the molecule is O=C(Oc1c(F)c(F)c(F)c(F)c1F)[C@H]1CC=CC[C@@H]1C(=O)Oc1c(F)c(F)c(F)c(F)c1F. The number of hydrogen-bond donors (Lipinski definition) is 0. The standard InChI is InChI=1S/C20H8F10O4/c21-7-9(23)13(27)17(14(28)10(7)24)33-19(31)5-3-1-2-4-6(5)20(32)34-18-15(29)11(25)8(22)12(26)16(18)30/h1-2,5-6H,3-4H2/t5-,6-/m0/s1. The van der Waals surface area contributed by atoms with Crippen LogP contribution in [0.2, 0.25) is 0 Å². The molecule has 0 radical (unpaired) electrons. The molecule has 0 saturated carbocycles. The molecule has 0 N–H and O–H groups in total. The molecule has 1 aliphatic rings. The van der Waals surface area contributed by atoms with Crippen molar-refractivity contribution in [1.29, 1.82) is 0 Å². The average Bonchev–Trinajstić information content (AvgIpc) is 2.84. The van der Waals surface area contributed by atoms with E-state index >= 15 is 0 Å². The quantitative estimate of drug-likeness (QED) is 0.145. The highest BCUT2D eigenvalue weighted by atomic mass is 19.2. The van der Waals surface area contributed by atoms with E-state index in [0.29, 0.717) is 0 Å². The summed E-state index contributed by atoms with van der Waals surface area (Å²) in [4.78, 5) is 24.8. The van der Waals surface area contributed by atoms with E-state index < -0.39 is 106 Å². The van der Waals surface area contributed by atoms with Gasteiger partial charge in [0.05, 0.1) is 11.8 Å². The van der Waals surface area contributed by atoms with Crippen LogP contribution in [-0.2, 0) is 9.59 Å². The molecular weight excluding hydrogens is 494 g/mol. The maximum Gasteiger partial charge on any atom is 0.315 e. The fraction of sp³-hybridized carbons (Fsp3) is 0.200. The van der Waals surface area contributed by atoms with Crippen LogP contribution in [0.25, 0.3) is 0 Å². The predicted octanol–water partition coefficient (Wildman–Crippen LogP) is 5.17. The number of ether oxygens (including phenoxy) is 2. The van der Waals surface area contributed by atoms with E-state index in [1.54, 1.807) is 0 Å². The van der Waals surface area contributed by atoms with Gasteiger partial charge in [0.2, 0.25) is 69.7 Å². The van der Waals surface area contributed by atoms with Crippen LogP contribution in [0.1, 0.15) is 12.8 Å². The summed E-state index contributed by atoms with van der Waals surface area (Å²) < 4.78 is 143. The Labute approximate surface area is 182 Å². The summed E-state index contributed by atoms with van der Waals surface area (Å²) in [6.45, 7) is 0. The summed E-state index contributed by atoms with van der Waals surface area (Å²) in [5.41, 5.74) is 0. The second-order valence-corrected chi connectivity index (χ2v) is 6.80. The first-order chi connectivity index (χ1) is 15.9. The van der Waals surface area contributed by atoms with Crippen molar-refractivity contribution in [2.75, 3.05) is 0 Å². The fourth-order valence-corrected chi connectivity index (χ4v) is 3.04. The van der Waals surface area contributed by atoms with E-state index in [-0.39, 0.29) is 0 Å². The van der Waals surface area contributed by atoms with Crippen molar-refractivity contribution in [3.05, 3.63) is 70.3 Å². The minimum Gasteiger partial charge on any atom is -0.420 e. The predicted molar refractivity (Wildman–Crippen MR) is 89.1 cm³/mol. The van der Waals surface area contributed by atoms with Gasteiger partial charge < -0.3 is 9.47 Å². The third-order valence-electron chi connectivity index (χ3n) is 4.78. The molecule has 0 amide bonds. The maximum absolute atomic E-state index is 13.8. The van der Waals surface area contributed by atoms with E-state index in [9.17, 15) is 53.5 Å². The number of carbonyl (C=O) groups is 2. The van der Waals surface area contributed by atoms with Gasteiger partial charge in [-0.3, -0.25) is 9.59 Å². The number of benzene rings is 2. The van der Waals surface area contributed by atoms with Crippen LogP contribution in [0.5, 0.6) is 11.5 Å². The zero-order chi connectivity index (χ0) is 25.5. The van der Waals surface area contributed by atoms with Gasteiger partial charge in [-0.2, -0.15) is 17.6 Å². The Morgan fingerprint density at radius 2 is 0.735 bits per heavy atom. The van der Waals surface area contributed by atoms with Gasteiger partial charge in [-0.1, -0.05) is 12.2 Å². The fourth-order valence-electron chi connectivity index (χ4n) is 3.04. The van der Waals surface area contributed by atoms with E-state index in [0.717, 1.165) is 0 Å². The third kappa shape index (κ3) is 4.19. The zero-order valence-electron chi connectivity index (χ0n) is 16.1. The molecule has 2 atom stereocenters. The van der Waals surface area contributed by atoms with Crippen LogP contribution in [-0.4, -0.2) is 11.9 Å². The normalized spacial score (nSPS) is 17.6. The first kappa shape index (κ1) is 25.1.